The van der Waals surface area contributed by atoms with Crippen molar-refractivity contribution in [2.75, 3.05) is 25.1 Å². The van der Waals surface area contributed by atoms with Gasteiger partial charge in [-0.05, 0) is 43.1 Å². The van der Waals surface area contributed by atoms with Crippen LogP contribution in [0.2, 0.25) is 0 Å². The molecule has 1 aromatic carbocycles. The molecule has 3 heterocycles. The average Bonchev–Trinajstić information content (AvgIpc) is 3.15. The Hall–Kier alpha value is -3.34. The topological polar surface area (TPSA) is 97.8 Å². The third-order valence-electron chi connectivity index (χ3n) is 5.13. The van der Waals surface area contributed by atoms with Crippen molar-refractivity contribution in [2.24, 2.45) is 11.7 Å². The maximum atomic E-state index is 12.5. The largest absolute Gasteiger partial charge is 0.573 e. The number of amides is 1. The summed E-state index contributed by atoms with van der Waals surface area (Å²) >= 11 is 0. The number of nitrogens with two attached hydrogens (primary N) is 1. The van der Waals surface area contributed by atoms with Gasteiger partial charge < -0.3 is 20.7 Å². The number of benzene rings is 1. The molecule has 0 saturated carbocycles. The van der Waals surface area contributed by atoms with Crippen LogP contribution in [0.3, 0.4) is 0 Å². The first-order chi connectivity index (χ1) is 14.8. The normalized spacial score (nSPS) is 17.2. The van der Waals surface area contributed by atoms with E-state index < -0.39 is 6.36 Å². The predicted octanol–water partition coefficient (Wildman–Crippen LogP) is 2.86. The first-order valence-electron chi connectivity index (χ1n) is 9.75. The van der Waals surface area contributed by atoms with Gasteiger partial charge in [-0.15, -0.1) is 18.3 Å². The first-order valence-corrected chi connectivity index (χ1v) is 9.75. The molecular weight excluding hydrogens is 413 g/mol. The second-order valence-corrected chi connectivity index (χ2v) is 7.29. The van der Waals surface area contributed by atoms with Crippen molar-refractivity contribution in [1.82, 2.24) is 19.5 Å². The highest BCUT2D eigenvalue weighted by Gasteiger charge is 2.31. The van der Waals surface area contributed by atoms with Gasteiger partial charge in [0.2, 0.25) is 5.91 Å². The molecule has 1 unspecified atom stereocenters. The van der Waals surface area contributed by atoms with Gasteiger partial charge in [-0.3, -0.25) is 4.79 Å². The molecule has 11 heteroatoms. The molecule has 8 nitrogen and oxygen atoms in total. The first kappa shape index (κ1) is 20.9. The fourth-order valence-electron chi connectivity index (χ4n) is 3.50. The second kappa shape index (κ2) is 8.42. The van der Waals surface area contributed by atoms with Crippen molar-refractivity contribution in [2.45, 2.75) is 19.2 Å². The number of hydrogen-bond donors (Lipinski definition) is 2. The van der Waals surface area contributed by atoms with E-state index in [1.165, 1.54) is 28.9 Å². The number of hydrogen-bond acceptors (Lipinski definition) is 6. The lowest BCUT2D eigenvalue weighted by Gasteiger charge is -2.31. The van der Waals surface area contributed by atoms with Crippen LogP contribution in [0.15, 0.2) is 42.6 Å². The maximum Gasteiger partial charge on any atom is 0.573 e. The lowest BCUT2D eigenvalue weighted by atomic mass is 9.97. The summed E-state index contributed by atoms with van der Waals surface area (Å²) < 4.78 is 43.1. The molecule has 1 saturated heterocycles. The smallest absolute Gasteiger partial charge is 0.406 e. The van der Waals surface area contributed by atoms with E-state index in [1.807, 2.05) is 0 Å². The Balaban J connectivity index is 1.52. The van der Waals surface area contributed by atoms with Crippen LogP contribution in [-0.4, -0.2) is 51.5 Å². The van der Waals surface area contributed by atoms with E-state index >= 15 is 0 Å². The van der Waals surface area contributed by atoms with Gasteiger partial charge in [0.1, 0.15) is 11.6 Å². The quantitative estimate of drug-likeness (QED) is 0.619. The minimum absolute atomic E-state index is 0.0417. The minimum atomic E-state index is -4.77. The number of nitrogens with zero attached hydrogens (tertiary/aromatic N) is 4. The molecule has 2 aromatic heterocycles. The molecule has 4 rings (SSSR count). The highest BCUT2D eigenvalue weighted by atomic mass is 19.4. The molecule has 3 aromatic rings. The van der Waals surface area contributed by atoms with Crippen molar-refractivity contribution in [1.29, 1.82) is 0 Å². The van der Waals surface area contributed by atoms with E-state index in [0.717, 1.165) is 6.42 Å². The Bertz CT molecular complexity index is 1080. The summed E-state index contributed by atoms with van der Waals surface area (Å²) in [5, 5.41) is 7.60. The lowest BCUT2D eigenvalue weighted by Crippen LogP contribution is -2.43. The number of imidazole rings is 1. The number of likely N-dealkylation sites (tertiary alicyclic amines) is 1. The predicted molar refractivity (Wildman–Crippen MR) is 107 cm³/mol. The molecule has 0 bridgehead atoms. The summed E-state index contributed by atoms with van der Waals surface area (Å²) in [7, 11) is 0. The Labute approximate surface area is 175 Å². The molecule has 1 amide bonds. The van der Waals surface area contributed by atoms with Crippen LogP contribution in [0, 0.1) is 5.92 Å². The SMILES string of the molecule is NCC1CCN(CNc2ccc3ncc(-c4cccc(OC(F)(F)F)c4)n3n2)C(=O)C1. The average molecular weight is 434 g/mol. The standard InChI is InChI=1S/C20H21F3N6O2/c21-20(22,23)31-15-3-1-2-14(9-15)16-11-25-18-5-4-17(27-29(16)18)26-12-28-7-6-13(10-24)8-19(28)30/h1-5,9,11,13H,6-8,10,12,24H2,(H,26,27). The summed E-state index contributed by atoms with van der Waals surface area (Å²) in [6, 6.07) is 9.08. The fourth-order valence-corrected chi connectivity index (χ4v) is 3.50. The lowest BCUT2D eigenvalue weighted by molar-refractivity contribution is -0.274. The summed E-state index contributed by atoms with van der Waals surface area (Å²) in [4.78, 5) is 18.2. The summed E-state index contributed by atoms with van der Waals surface area (Å²) in [5.74, 6) is 0.445. The second-order valence-electron chi connectivity index (χ2n) is 7.29. The van der Waals surface area contributed by atoms with E-state index in [9.17, 15) is 18.0 Å². The van der Waals surface area contributed by atoms with Gasteiger partial charge in [-0.2, -0.15) is 0 Å². The summed E-state index contributed by atoms with van der Waals surface area (Å²) in [6.07, 6.45) is -1.95. The number of aromatic nitrogens is 3. The van der Waals surface area contributed by atoms with E-state index in [2.05, 4.69) is 20.1 Å². The Morgan fingerprint density at radius 2 is 2.10 bits per heavy atom. The number of piperidine rings is 1. The molecular formula is C20H21F3N6O2. The Kier molecular flexibility index (Phi) is 5.68. The number of ether oxygens (including phenoxy) is 1. The van der Waals surface area contributed by atoms with E-state index in [4.69, 9.17) is 5.73 Å². The van der Waals surface area contributed by atoms with E-state index in [0.29, 0.717) is 48.9 Å². The van der Waals surface area contributed by atoms with Crippen LogP contribution in [-0.2, 0) is 4.79 Å². The highest BCUT2D eigenvalue weighted by molar-refractivity contribution is 5.77. The maximum absolute atomic E-state index is 12.5. The number of fused-ring (bicyclic) bond motifs is 1. The van der Waals surface area contributed by atoms with Crippen LogP contribution in [0.1, 0.15) is 12.8 Å². The van der Waals surface area contributed by atoms with Crippen molar-refractivity contribution in [3.05, 3.63) is 42.6 Å². The molecule has 31 heavy (non-hydrogen) atoms. The van der Waals surface area contributed by atoms with Gasteiger partial charge in [-0.1, -0.05) is 12.1 Å². The fraction of sp³-hybridized carbons (Fsp3) is 0.350. The van der Waals surface area contributed by atoms with Gasteiger partial charge in [0, 0.05) is 18.5 Å². The van der Waals surface area contributed by atoms with Crippen LogP contribution in [0.4, 0.5) is 19.0 Å². The number of rotatable bonds is 6. The Morgan fingerprint density at radius 1 is 1.26 bits per heavy atom. The number of nitrogens with one attached hydrogen (secondary N) is 1. The molecule has 0 spiro atoms. The number of halogens is 3. The molecule has 164 valence electrons. The van der Waals surface area contributed by atoms with Crippen molar-refractivity contribution in [3.8, 4) is 17.0 Å². The minimum Gasteiger partial charge on any atom is -0.406 e. The number of carbonyl (C=O) groups is 1. The Morgan fingerprint density at radius 3 is 2.84 bits per heavy atom. The third-order valence-corrected chi connectivity index (χ3v) is 5.13. The summed E-state index contributed by atoms with van der Waals surface area (Å²) in [5.41, 5.74) is 7.16. The van der Waals surface area contributed by atoms with Gasteiger partial charge in [-0.25, -0.2) is 9.50 Å². The third kappa shape index (κ3) is 4.88. The van der Waals surface area contributed by atoms with Crippen molar-refractivity contribution >= 4 is 17.4 Å². The monoisotopic (exact) mass is 434 g/mol. The van der Waals surface area contributed by atoms with Crippen LogP contribution >= 0.6 is 0 Å². The zero-order valence-corrected chi connectivity index (χ0v) is 16.5. The number of alkyl halides is 3. The highest BCUT2D eigenvalue weighted by Crippen LogP contribution is 2.28. The van der Waals surface area contributed by atoms with Gasteiger partial charge in [0.15, 0.2) is 5.65 Å². The zero-order valence-electron chi connectivity index (χ0n) is 16.5. The van der Waals surface area contributed by atoms with Crippen LogP contribution in [0.25, 0.3) is 16.9 Å². The molecule has 1 fully saturated rings. The van der Waals surface area contributed by atoms with Gasteiger partial charge in [0.05, 0.1) is 18.6 Å². The molecule has 1 aliphatic heterocycles. The van der Waals surface area contributed by atoms with Crippen molar-refractivity contribution in [3.63, 3.8) is 0 Å². The van der Waals surface area contributed by atoms with Crippen LogP contribution in [0.5, 0.6) is 5.75 Å². The van der Waals surface area contributed by atoms with Crippen molar-refractivity contribution < 1.29 is 22.7 Å². The molecule has 1 aliphatic rings. The van der Waals surface area contributed by atoms with E-state index in [-0.39, 0.29) is 17.6 Å². The molecule has 0 aliphatic carbocycles. The molecule has 3 N–H and O–H groups in total. The molecule has 0 radical (unpaired) electrons. The summed E-state index contributed by atoms with van der Waals surface area (Å²) in [6.45, 7) is 1.43. The molecule has 1 atom stereocenters. The number of carbonyl (C=O) groups excluding carboxylic acids is 1. The van der Waals surface area contributed by atoms with Gasteiger partial charge in [0.25, 0.3) is 0 Å². The zero-order chi connectivity index (χ0) is 22.0. The van der Waals surface area contributed by atoms with Gasteiger partial charge >= 0.3 is 6.36 Å². The number of anilines is 1. The van der Waals surface area contributed by atoms with E-state index in [1.54, 1.807) is 23.1 Å². The van der Waals surface area contributed by atoms with Crippen LogP contribution < -0.4 is 15.8 Å².